The van der Waals surface area contributed by atoms with Crippen LogP contribution in [-0.2, 0) is 0 Å². The van der Waals surface area contributed by atoms with E-state index in [-0.39, 0.29) is 19.1 Å². The zero-order valence-corrected chi connectivity index (χ0v) is 13.3. The molecular weight excluding hydrogens is 292 g/mol. The normalized spacial score (nSPS) is 11.8. The van der Waals surface area contributed by atoms with E-state index in [0.29, 0.717) is 11.3 Å². The maximum Gasteiger partial charge on any atom is 0.255 e. The molecule has 4 N–H and O–H groups in total. The second-order valence-corrected chi connectivity index (χ2v) is 5.63. The summed E-state index contributed by atoms with van der Waals surface area (Å²) in [7, 11) is 0. The van der Waals surface area contributed by atoms with Crippen molar-refractivity contribution in [1.29, 1.82) is 0 Å². The smallest absolute Gasteiger partial charge is 0.255 e. The number of aliphatic hydroxyl groups is 2. The molecule has 0 aliphatic carbocycles. The van der Waals surface area contributed by atoms with E-state index in [4.69, 9.17) is 5.11 Å². The molecule has 0 aliphatic rings. The number of carbonyl (C=O) groups is 1. The minimum absolute atomic E-state index is 0.193. The van der Waals surface area contributed by atoms with Crippen molar-refractivity contribution in [3.8, 4) is 0 Å². The maximum absolute atomic E-state index is 12.4. The van der Waals surface area contributed by atoms with Gasteiger partial charge in [0, 0.05) is 23.5 Å². The molecule has 2 rings (SSSR count). The lowest BCUT2D eigenvalue weighted by atomic mass is 10.1. The molecule has 0 aromatic heterocycles. The number of carbonyl (C=O) groups excluding carboxylic acids is 1. The van der Waals surface area contributed by atoms with Gasteiger partial charge in [-0.3, -0.25) is 4.79 Å². The number of rotatable bonds is 6. The fourth-order valence-electron chi connectivity index (χ4n) is 2.32. The highest BCUT2D eigenvalue weighted by Gasteiger charge is 2.08. The molecule has 2 aromatic carbocycles. The van der Waals surface area contributed by atoms with Crippen LogP contribution in [0.4, 0.5) is 11.4 Å². The van der Waals surface area contributed by atoms with Crippen LogP contribution in [0.5, 0.6) is 0 Å². The zero-order valence-electron chi connectivity index (χ0n) is 13.3. The summed E-state index contributed by atoms with van der Waals surface area (Å²) in [5, 5.41) is 24.0. The van der Waals surface area contributed by atoms with E-state index < -0.39 is 6.10 Å². The number of amides is 1. The van der Waals surface area contributed by atoms with Crippen LogP contribution in [0.3, 0.4) is 0 Å². The molecule has 0 bridgehead atoms. The molecule has 0 heterocycles. The zero-order chi connectivity index (χ0) is 16.8. The first kappa shape index (κ1) is 17.0. The van der Waals surface area contributed by atoms with Gasteiger partial charge in [-0.15, -0.1) is 0 Å². The number of nitrogens with one attached hydrogen (secondary N) is 2. The van der Waals surface area contributed by atoms with Crippen LogP contribution >= 0.6 is 0 Å². The summed E-state index contributed by atoms with van der Waals surface area (Å²) in [6, 6.07) is 12.9. The van der Waals surface area contributed by atoms with Crippen molar-refractivity contribution in [1.82, 2.24) is 0 Å². The minimum atomic E-state index is -0.831. The van der Waals surface area contributed by atoms with Crippen molar-refractivity contribution in [2.75, 3.05) is 23.8 Å². The van der Waals surface area contributed by atoms with Crippen LogP contribution in [0.1, 0.15) is 21.5 Å². The maximum atomic E-state index is 12.4. The predicted octanol–water partition coefficient (Wildman–Crippen LogP) is 2.32. The van der Waals surface area contributed by atoms with E-state index in [0.717, 1.165) is 16.8 Å². The SMILES string of the molecule is Cc1cc(C)cc(NC(=O)c2cccc(NCC(O)CO)c2)c1. The third-order valence-corrected chi connectivity index (χ3v) is 3.36. The second kappa shape index (κ2) is 7.76. The summed E-state index contributed by atoms with van der Waals surface area (Å²) < 4.78 is 0. The fourth-order valence-corrected chi connectivity index (χ4v) is 2.32. The first-order chi connectivity index (χ1) is 11.0. The fraction of sp³-hybridized carbons (Fsp3) is 0.278. The Hall–Kier alpha value is -2.37. The highest BCUT2D eigenvalue weighted by atomic mass is 16.3. The number of aryl methyl sites for hydroxylation is 2. The summed E-state index contributed by atoms with van der Waals surface area (Å²) in [5.74, 6) is -0.193. The highest BCUT2D eigenvalue weighted by molar-refractivity contribution is 6.04. The van der Waals surface area contributed by atoms with Crippen LogP contribution in [-0.4, -0.2) is 35.4 Å². The molecule has 0 aliphatic heterocycles. The van der Waals surface area contributed by atoms with Gasteiger partial charge in [-0.25, -0.2) is 0 Å². The molecule has 0 saturated carbocycles. The summed E-state index contributed by atoms with van der Waals surface area (Å²) in [4.78, 5) is 12.4. The van der Waals surface area contributed by atoms with Gasteiger partial charge in [0.15, 0.2) is 0 Å². The minimum Gasteiger partial charge on any atom is -0.394 e. The van der Waals surface area contributed by atoms with Crippen molar-refractivity contribution in [3.05, 3.63) is 59.2 Å². The van der Waals surface area contributed by atoms with Gasteiger partial charge in [-0.05, 0) is 55.3 Å². The van der Waals surface area contributed by atoms with Crippen molar-refractivity contribution < 1.29 is 15.0 Å². The first-order valence-electron chi connectivity index (χ1n) is 7.50. The van der Waals surface area contributed by atoms with Gasteiger partial charge < -0.3 is 20.8 Å². The molecule has 0 fully saturated rings. The molecule has 122 valence electrons. The Balaban J connectivity index is 2.07. The van der Waals surface area contributed by atoms with E-state index >= 15 is 0 Å². The quantitative estimate of drug-likeness (QED) is 0.659. The van der Waals surface area contributed by atoms with Crippen LogP contribution in [0.2, 0.25) is 0 Å². The average molecular weight is 314 g/mol. The number of hydrogen-bond donors (Lipinski definition) is 4. The average Bonchev–Trinajstić information content (AvgIpc) is 2.51. The largest absolute Gasteiger partial charge is 0.394 e. The number of hydrogen-bond acceptors (Lipinski definition) is 4. The Labute approximate surface area is 136 Å². The Morgan fingerprint density at radius 1 is 1.09 bits per heavy atom. The monoisotopic (exact) mass is 314 g/mol. The van der Waals surface area contributed by atoms with Gasteiger partial charge in [0.25, 0.3) is 5.91 Å². The Morgan fingerprint density at radius 2 is 1.78 bits per heavy atom. The standard InChI is InChI=1S/C18H22N2O3/c1-12-6-13(2)8-16(7-12)20-18(23)14-4-3-5-15(9-14)19-10-17(22)11-21/h3-9,17,19,21-22H,10-11H2,1-2H3,(H,20,23). The van der Waals surface area contributed by atoms with Crippen LogP contribution in [0.15, 0.2) is 42.5 Å². The third-order valence-electron chi connectivity index (χ3n) is 3.36. The van der Waals surface area contributed by atoms with E-state index in [1.165, 1.54) is 0 Å². The topological polar surface area (TPSA) is 81.6 Å². The molecule has 5 nitrogen and oxygen atoms in total. The molecule has 1 atom stereocenters. The van der Waals surface area contributed by atoms with Gasteiger partial charge in [0.2, 0.25) is 0 Å². The molecule has 5 heteroatoms. The van der Waals surface area contributed by atoms with Crippen molar-refractivity contribution in [2.45, 2.75) is 20.0 Å². The molecule has 1 amide bonds. The Morgan fingerprint density at radius 3 is 2.43 bits per heavy atom. The van der Waals surface area contributed by atoms with Crippen LogP contribution in [0.25, 0.3) is 0 Å². The van der Waals surface area contributed by atoms with Crippen LogP contribution in [0, 0.1) is 13.8 Å². The van der Waals surface area contributed by atoms with E-state index in [2.05, 4.69) is 10.6 Å². The summed E-state index contributed by atoms with van der Waals surface area (Å²) >= 11 is 0. The van der Waals surface area contributed by atoms with E-state index in [1.54, 1.807) is 24.3 Å². The van der Waals surface area contributed by atoms with Gasteiger partial charge >= 0.3 is 0 Å². The molecule has 0 saturated heterocycles. The highest BCUT2D eigenvalue weighted by Crippen LogP contribution is 2.16. The van der Waals surface area contributed by atoms with Crippen LogP contribution < -0.4 is 10.6 Å². The van der Waals surface area contributed by atoms with Crippen molar-refractivity contribution >= 4 is 17.3 Å². The first-order valence-corrected chi connectivity index (χ1v) is 7.50. The van der Waals surface area contributed by atoms with Gasteiger partial charge in [-0.1, -0.05) is 12.1 Å². The van der Waals surface area contributed by atoms with Gasteiger partial charge in [0.1, 0.15) is 0 Å². The molecular formula is C18H22N2O3. The summed E-state index contributed by atoms with van der Waals surface area (Å²) in [6.07, 6.45) is -0.831. The molecule has 0 radical (unpaired) electrons. The lowest BCUT2D eigenvalue weighted by Crippen LogP contribution is -2.23. The Bertz CT molecular complexity index is 665. The van der Waals surface area contributed by atoms with Crippen molar-refractivity contribution in [3.63, 3.8) is 0 Å². The van der Waals surface area contributed by atoms with Gasteiger partial charge in [0.05, 0.1) is 12.7 Å². The van der Waals surface area contributed by atoms with E-state index in [9.17, 15) is 9.90 Å². The number of benzene rings is 2. The Kier molecular flexibility index (Phi) is 5.73. The molecule has 1 unspecified atom stereocenters. The summed E-state index contributed by atoms with van der Waals surface area (Å²) in [5.41, 5.74) is 4.18. The molecule has 23 heavy (non-hydrogen) atoms. The second-order valence-electron chi connectivity index (χ2n) is 5.63. The third kappa shape index (κ3) is 5.09. The lowest BCUT2D eigenvalue weighted by Gasteiger charge is -2.12. The number of aliphatic hydroxyl groups excluding tert-OH is 2. The molecule has 0 spiro atoms. The van der Waals surface area contributed by atoms with Crippen molar-refractivity contribution in [2.24, 2.45) is 0 Å². The molecule has 2 aromatic rings. The van der Waals surface area contributed by atoms with E-state index in [1.807, 2.05) is 32.0 Å². The predicted molar refractivity (Wildman–Crippen MR) is 91.9 cm³/mol. The van der Waals surface area contributed by atoms with Gasteiger partial charge in [-0.2, -0.15) is 0 Å². The number of anilines is 2. The summed E-state index contributed by atoms with van der Waals surface area (Å²) in [6.45, 7) is 3.89. The lowest BCUT2D eigenvalue weighted by molar-refractivity contribution is 0.102.